The average molecular weight is 270 g/mol. The topological polar surface area (TPSA) is 92.1 Å². The van der Waals surface area contributed by atoms with Gasteiger partial charge in [0.25, 0.3) is 11.5 Å². The van der Waals surface area contributed by atoms with Crippen molar-refractivity contribution >= 4 is 11.6 Å². The Morgan fingerprint density at radius 1 is 1.40 bits per heavy atom. The predicted octanol–water partition coefficient (Wildman–Crippen LogP) is 0.551. The first-order chi connectivity index (χ1) is 9.65. The average Bonchev–Trinajstić information content (AvgIpc) is 2.47. The summed E-state index contributed by atoms with van der Waals surface area (Å²) in [5.41, 5.74) is 8.76. The van der Waals surface area contributed by atoms with Crippen molar-refractivity contribution in [3.63, 3.8) is 0 Å². The van der Waals surface area contributed by atoms with Crippen molar-refractivity contribution in [3.8, 4) is 0 Å². The summed E-state index contributed by atoms with van der Waals surface area (Å²) in [6, 6.07) is 5.80. The maximum Gasteiger partial charge on any atom is 0.274 e. The van der Waals surface area contributed by atoms with Gasteiger partial charge in [0.05, 0.1) is 6.20 Å². The van der Waals surface area contributed by atoms with Gasteiger partial charge in [-0.15, -0.1) is 0 Å². The van der Waals surface area contributed by atoms with E-state index in [4.69, 9.17) is 5.73 Å². The Labute approximate surface area is 115 Å². The Balaban J connectivity index is 1.86. The van der Waals surface area contributed by atoms with E-state index in [0.717, 1.165) is 18.2 Å². The first-order valence-corrected chi connectivity index (χ1v) is 6.35. The van der Waals surface area contributed by atoms with Crippen molar-refractivity contribution in [3.05, 3.63) is 57.8 Å². The Morgan fingerprint density at radius 3 is 3.00 bits per heavy atom. The number of hydrogen-bond donors (Lipinski definition) is 2. The van der Waals surface area contributed by atoms with E-state index in [9.17, 15) is 9.59 Å². The molecule has 3 rings (SSSR count). The molecule has 6 heteroatoms. The molecule has 0 unspecified atom stereocenters. The number of aromatic nitrogens is 2. The van der Waals surface area contributed by atoms with E-state index < -0.39 is 0 Å². The zero-order chi connectivity index (χ0) is 14.1. The molecule has 1 aromatic heterocycles. The zero-order valence-corrected chi connectivity index (χ0v) is 10.8. The van der Waals surface area contributed by atoms with E-state index >= 15 is 0 Å². The molecule has 1 amide bonds. The Hall–Kier alpha value is -2.63. The van der Waals surface area contributed by atoms with Crippen LogP contribution in [0.15, 0.2) is 35.4 Å². The molecule has 20 heavy (non-hydrogen) atoms. The second-order valence-electron chi connectivity index (χ2n) is 4.76. The molecule has 0 fully saturated rings. The van der Waals surface area contributed by atoms with E-state index in [1.54, 1.807) is 4.90 Å². The number of fused-ring (bicyclic) bond motifs is 1. The minimum atomic E-state index is -0.324. The molecule has 1 aliphatic heterocycles. The number of carbonyl (C=O) groups is 1. The molecule has 1 aliphatic rings. The molecule has 0 spiro atoms. The molecule has 6 nitrogen and oxygen atoms in total. The number of nitrogen functional groups attached to an aromatic ring is 1. The number of nitrogens with two attached hydrogens (primary N) is 1. The quantitative estimate of drug-likeness (QED) is 0.740. The van der Waals surface area contributed by atoms with Crippen LogP contribution in [0.5, 0.6) is 0 Å². The van der Waals surface area contributed by atoms with Crippen molar-refractivity contribution in [1.29, 1.82) is 0 Å². The number of nitrogens with zero attached hydrogens (tertiary/aromatic N) is 2. The lowest BCUT2D eigenvalue weighted by Gasteiger charge is -2.29. The van der Waals surface area contributed by atoms with Gasteiger partial charge in [0.2, 0.25) is 0 Å². The highest BCUT2D eigenvalue weighted by atomic mass is 16.2. The smallest absolute Gasteiger partial charge is 0.274 e. The van der Waals surface area contributed by atoms with E-state index in [-0.39, 0.29) is 17.2 Å². The van der Waals surface area contributed by atoms with Crippen molar-refractivity contribution in [2.45, 2.75) is 13.0 Å². The normalized spacial score (nSPS) is 13.9. The maximum atomic E-state index is 12.3. The summed E-state index contributed by atoms with van der Waals surface area (Å²) in [5.74, 6) is -0.199. The third-order valence-corrected chi connectivity index (χ3v) is 3.49. The molecule has 0 saturated carbocycles. The molecular formula is C14H14N4O2. The molecule has 0 aliphatic carbocycles. The Bertz CT molecular complexity index is 703. The van der Waals surface area contributed by atoms with Crippen LogP contribution in [-0.4, -0.2) is 27.3 Å². The van der Waals surface area contributed by atoms with Gasteiger partial charge in [-0.25, -0.2) is 4.98 Å². The van der Waals surface area contributed by atoms with E-state index in [1.165, 1.54) is 11.8 Å². The Morgan fingerprint density at radius 2 is 2.25 bits per heavy atom. The summed E-state index contributed by atoms with van der Waals surface area (Å²) >= 11 is 0. The SMILES string of the molecule is Nc1cccc2c1CN(C(=O)c1c[nH]c(=O)cn1)CC2. The summed E-state index contributed by atoms with van der Waals surface area (Å²) in [6.45, 7) is 1.09. The fourth-order valence-electron chi connectivity index (χ4n) is 2.40. The highest BCUT2D eigenvalue weighted by Crippen LogP contribution is 2.24. The van der Waals surface area contributed by atoms with Crippen molar-refractivity contribution in [2.75, 3.05) is 12.3 Å². The lowest BCUT2D eigenvalue weighted by Crippen LogP contribution is -2.37. The van der Waals surface area contributed by atoms with Crippen LogP contribution in [0.2, 0.25) is 0 Å². The second kappa shape index (κ2) is 4.80. The number of carbonyl (C=O) groups excluding carboxylic acids is 1. The summed E-state index contributed by atoms with van der Waals surface area (Å²) in [6.07, 6.45) is 3.23. The van der Waals surface area contributed by atoms with Gasteiger partial charge < -0.3 is 15.6 Å². The lowest BCUT2D eigenvalue weighted by atomic mass is 9.98. The van der Waals surface area contributed by atoms with Gasteiger partial charge >= 0.3 is 0 Å². The minimum absolute atomic E-state index is 0.199. The van der Waals surface area contributed by atoms with E-state index in [0.29, 0.717) is 18.8 Å². The summed E-state index contributed by atoms with van der Waals surface area (Å²) in [4.78, 5) is 31.3. The highest BCUT2D eigenvalue weighted by Gasteiger charge is 2.23. The molecular weight excluding hydrogens is 256 g/mol. The van der Waals surface area contributed by atoms with Crippen LogP contribution < -0.4 is 11.3 Å². The molecule has 102 valence electrons. The van der Waals surface area contributed by atoms with E-state index in [1.807, 2.05) is 18.2 Å². The lowest BCUT2D eigenvalue weighted by molar-refractivity contribution is 0.0728. The molecule has 1 aromatic carbocycles. The summed E-state index contributed by atoms with van der Waals surface area (Å²) < 4.78 is 0. The van der Waals surface area contributed by atoms with Crippen LogP contribution in [0.4, 0.5) is 5.69 Å². The fourth-order valence-corrected chi connectivity index (χ4v) is 2.40. The van der Waals surface area contributed by atoms with E-state index in [2.05, 4.69) is 9.97 Å². The van der Waals surface area contributed by atoms with Crippen LogP contribution in [0.25, 0.3) is 0 Å². The van der Waals surface area contributed by atoms with Crippen molar-refractivity contribution in [2.24, 2.45) is 0 Å². The predicted molar refractivity (Wildman–Crippen MR) is 74.2 cm³/mol. The maximum absolute atomic E-state index is 12.3. The molecule has 2 aromatic rings. The standard InChI is InChI=1S/C14H14N4O2/c15-11-3-1-2-9-4-5-18(8-10(9)11)14(20)12-6-17-13(19)7-16-12/h1-3,6-7H,4-5,8,15H2,(H,17,19). The molecule has 3 N–H and O–H groups in total. The molecule has 2 heterocycles. The van der Waals surface area contributed by atoms with Crippen LogP contribution in [-0.2, 0) is 13.0 Å². The van der Waals surface area contributed by atoms with Gasteiger partial charge in [0.15, 0.2) is 0 Å². The minimum Gasteiger partial charge on any atom is -0.398 e. The third-order valence-electron chi connectivity index (χ3n) is 3.49. The highest BCUT2D eigenvalue weighted by molar-refractivity contribution is 5.92. The monoisotopic (exact) mass is 270 g/mol. The van der Waals surface area contributed by atoms with Gasteiger partial charge in [0, 0.05) is 25.0 Å². The molecule has 0 bridgehead atoms. The Kier molecular flexibility index (Phi) is 2.98. The number of rotatable bonds is 1. The molecule has 0 radical (unpaired) electrons. The van der Waals surface area contributed by atoms with Crippen LogP contribution in [0.1, 0.15) is 21.6 Å². The number of amides is 1. The van der Waals surface area contributed by atoms with Gasteiger partial charge in [-0.1, -0.05) is 12.1 Å². The molecule has 0 saturated heterocycles. The fraction of sp³-hybridized carbons (Fsp3) is 0.214. The van der Waals surface area contributed by atoms with Crippen LogP contribution in [0, 0.1) is 0 Å². The van der Waals surface area contributed by atoms with Gasteiger partial charge in [-0.2, -0.15) is 0 Å². The summed E-state index contributed by atoms with van der Waals surface area (Å²) in [7, 11) is 0. The number of aromatic amines is 1. The van der Waals surface area contributed by atoms with Gasteiger partial charge in [-0.05, 0) is 23.6 Å². The zero-order valence-electron chi connectivity index (χ0n) is 10.8. The third kappa shape index (κ3) is 2.16. The largest absolute Gasteiger partial charge is 0.398 e. The number of anilines is 1. The first kappa shape index (κ1) is 12.4. The number of nitrogens with one attached hydrogen (secondary N) is 1. The molecule has 0 atom stereocenters. The number of hydrogen-bond acceptors (Lipinski definition) is 4. The number of H-pyrrole nitrogens is 1. The van der Waals surface area contributed by atoms with Crippen LogP contribution in [0.3, 0.4) is 0 Å². The van der Waals surface area contributed by atoms with Crippen molar-refractivity contribution < 1.29 is 4.79 Å². The van der Waals surface area contributed by atoms with Crippen molar-refractivity contribution in [1.82, 2.24) is 14.9 Å². The second-order valence-corrected chi connectivity index (χ2v) is 4.76. The first-order valence-electron chi connectivity index (χ1n) is 6.35. The van der Waals surface area contributed by atoms with Gasteiger partial charge in [0.1, 0.15) is 5.69 Å². The van der Waals surface area contributed by atoms with Crippen LogP contribution >= 0.6 is 0 Å². The number of benzene rings is 1. The summed E-state index contributed by atoms with van der Waals surface area (Å²) in [5, 5.41) is 0. The van der Waals surface area contributed by atoms with Gasteiger partial charge in [-0.3, -0.25) is 9.59 Å².